The highest BCUT2D eigenvalue weighted by molar-refractivity contribution is 5.68. The first-order valence-electron chi connectivity index (χ1n) is 8.49. The number of rotatable bonds is 6. The van der Waals surface area contributed by atoms with Crippen LogP contribution < -0.4 is 15.4 Å². The van der Waals surface area contributed by atoms with Crippen molar-refractivity contribution in [3.05, 3.63) is 54.7 Å². The maximum absolute atomic E-state index is 12.7. The molecule has 9 heteroatoms. The van der Waals surface area contributed by atoms with Crippen LogP contribution in [0.25, 0.3) is 11.4 Å². The van der Waals surface area contributed by atoms with Crippen LogP contribution in [-0.4, -0.2) is 27.4 Å². The van der Waals surface area contributed by atoms with E-state index in [1.165, 1.54) is 18.2 Å². The van der Waals surface area contributed by atoms with Gasteiger partial charge in [-0.15, -0.1) is 13.2 Å². The zero-order chi connectivity index (χ0) is 20.1. The molecule has 0 fully saturated rings. The maximum Gasteiger partial charge on any atom is 0.573 e. The van der Waals surface area contributed by atoms with Crippen LogP contribution in [0.5, 0.6) is 5.75 Å². The molecule has 146 valence electrons. The lowest BCUT2D eigenvalue weighted by molar-refractivity contribution is -0.274. The first-order valence-corrected chi connectivity index (χ1v) is 8.49. The number of halogens is 3. The van der Waals surface area contributed by atoms with E-state index in [4.69, 9.17) is 0 Å². The normalized spacial score (nSPS) is 11.4. The van der Waals surface area contributed by atoms with Crippen molar-refractivity contribution in [2.45, 2.75) is 26.3 Å². The average Bonchev–Trinajstić information content (AvgIpc) is 2.62. The van der Waals surface area contributed by atoms with Gasteiger partial charge in [0.25, 0.3) is 0 Å². The number of hydrogen-bond donors (Lipinski definition) is 2. The smallest absolute Gasteiger partial charge is 0.404 e. The van der Waals surface area contributed by atoms with Gasteiger partial charge in [0.05, 0.1) is 17.1 Å². The molecule has 0 aliphatic rings. The molecule has 28 heavy (non-hydrogen) atoms. The molecule has 0 radical (unpaired) electrons. The Morgan fingerprint density at radius 3 is 2.39 bits per heavy atom. The van der Waals surface area contributed by atoms with Crippen LogP contribution in [-0.2, 0) is 0 Å². The van der Waals surface area contributed by atoms with Crippen molar-refractivity contribution in [3.8, 4) is 17.1 Å². The molecule has 6 nitrogen and oxygen atoms in total. The van der Waals surface area contributed by atoms with Gasteiger partial charge in [-0.25, -0.2) is 4.98 Å². The third kappa shape index (κ3) is 5.32. The molecular formula is C19H18F3N5O. The molecule has 0 aliphatic heterocycles. The average molecular weight is 389 g/mol. The third-order valence-corrected chi connectivity index (χ3v) is 3.45. The summed E-state index contributed by atoms with van der Waals surface area (Å²) in [5, 5.41) is 5.97. The number of benzene rings is 1. The van der Waals surface area contributed by atoms with E-state index in [1.807, 2.05) is 19.9 Å². The van der Waals surface area contributed by atoms with Crippen LogP contribution in [0.4, 0.5) is 30.6 Å². The van der Waals surface area contributed by atoms with Gasteiger partial charge in [0, 0.05) is 18.3 Å². The van der Waals surface area contributed by atoms with Gasteiger partial charge >= 0.3 is 6.36 Å². The second-order valence-electron chi connectivity index (χ2n) is 6.15. The first kappa shape index (κ1) is 19.4. The van der Waals surface area contributed by atoms with Gasteiger partial charge < -0.3 is 15.4 Å². The van der Waals surface area contributed by atoms with Crippen molar-refractivity contribution in [1.82, 2.24) is 15.0 Å². The Bertz CT molecular complexity index is 932. The van der Waals surface area contributed by atoms with Gasteiger partial charge in [0.1, 0.15) is 5.82 Å². The summed E-state index contributed by atoms with van der Waals surface area (Å²) >= 11 is 0. The molecule has 0 amide bonds. The van der Waals surface area contributed by atoms with Crippen molar-refractivity contribution < 1.29 is 17.9 Å². The Morgan fingerprint density at radius 2 is 1.71 bits per heavy atom. The molecule has 0 saturated carbocycles. The number of pyridine rings is 1. The molecule has 0 aliphatic carbocycles. The zero-order valence-corrected chi connectivity index (χ0v) is 15.2. The standard InChI is InChI=1S/C19H18F3N5O/c1-12(2)24-18-26-15(13-7-5-6-10-23-13)11-17(27-18)25-14-8-3-4-9-16(14)28-19(20,21)22/h3-12H,1-2H3,(H2,24,25,26,27). The van der Waals surface area contributed by atoms with Crippen molar-refractivity contribution in [1.29, 1.82) is 0 Å². The van der Waals surface area contributed by atoms with Crippen molar-refractivity contribution >= 4 is 17.5 Å². The minimum Gasteiger partial charge on any atom is -0.404 e. The maximum atomic E-state index is 12.7. The topological polar surface area (TPSA) is 72.0 Å². The van der Waals surface area contributed by atoms with Crippen molar-refractivity contribution in [2.24, 2.45) is 0 Å². The van der Waals surface area contributed by atoms with Crippen LogP contribution in [0.15, 0.2) is 54.7 Å². The first-order chi connectivity index (χ1) is 13.3. The van der Waals surface area contributed by atoms with E-state index in [-0.39, 0.29) is 17.5 Å². The molecule has 0 spiro atoms. The van der Waals surface area contributed by atoms with Crippen LogP contribution in [0, 0.1) is 0 Å². The number of alkyl halides is 3. The lowest BCUT2D eigenvalue weighted by atomic mass is 10.2. The van der Waals surface area contributed by atoms with E-state index in [9.17, 15) is 13.2 Å². The molecule has 1 aromatic carbocycles. The molecule has 3 aromatic rings. The molecular weight excluding hydrogens is 371 g/mol. The van der Waals surface area contributed by atoms with Crippen LogP contribution in [0.1, 0.15) is 13.8 Å². The predicted octanol–water partition coefficient (Wildman–Crippen LogP) is 5.00. The molecule has 2 heterocycles. The van der Waals surface area contributed by atoms with Gasteiger partial charge in [-0.05, 0) is 38.1 Å². The van der Waals surface area contributed by atoms with Crippen LogP contribution >= 0.6 is 0 Å². The van der Waals surface area contributed by atoms with Gasteiger partial charge in [0.15, 0.2) is 5.75 Å². The van der Waals surface area contributed by atoms with Gasteiger partial charge in [-0.2, -0.15) is 4.98 Å². The summed E-state index contributed by atoms with van der Waals surface area (Å²) < 4.78 is 42.1. The summed E-state index contributed by atoms with van der Waals surface area (Å²) in [5.41, 5.74) is 1.26. The summed E-state index contributed by atoms with van der Waals surface area (Å²) in [6, 6.07) is 12.8. The fourth-order valence-electron chi connectivity index (χ4n) is 2.40. The second kappa shape index (κ2) is 8.12. The van der Waals surface area contributed by atoms with E-state index in [2.05, 4.69) is 30.3 Å². The summed E-state index contributed by atoms with van der Waals surface area (Å²) in [6.45, 7) is 3.85. The lowest BCUT2D eigenvalue weighted by Crippen LogP contribution is -2.18. The molecule has 3 rings (SSSR count). The second-order valence-corrected chi connectivity index (χ2v) is 6.15. The van der Waals surface area contributed by atoms with Crippen molar-refractivity contribution in [3.63, 3.8) is 0 Å². The molecule has 2 N–H and O–H groups in total. The minimum atomic E-state index is -4.80. The number of aromatic nitrogens is 3. The quantitative estimate of drug-likeness (QED) is 0.618. The predicted molar refractivity (Wildman–Crippen MR) is 100 cm³/mol. The summed E-state index contributed by atoms with van der Waals surface area (Å²) in [5.74, 6) is 0.276. The summed E-state index contributed by atoms with van der Waals surface area (Å²) in [6.07, 6.45) is -3.17. The Hall–Kier alpha value is -3.36. The SMILES string of the molecule is CC(C)Nc1nc(Nc2ccccc2OC(F)(F)F)cc(-c2ccccn2)n1. The van der Waals surface area contributed by atoms with Crippen molar-refractivity contribution in [2.75, 3.05) is 10.6 Å². The highest BCUT2D eigenvalue weighted by Gasteiger charge is 2.32. The summed E-state index contributed by atoms with van der Waals surface area (Å²) in [7, 11) is 0. The number of anilines is 3. The Kier molecular flexibility index (Phi) is 5.62. The van der Waals surface area contributed by atoms with Crippen LogP contribution in [0.3, 0.4) is 0 Å². The molecule has 0 unspecified atom stereocenters. The number of nitrogens with one attached hydrogen (secondary N) is 2. The lowest BCUT2D eigenvalue weighted by Gasteiger charge is -2.16. The van der Waals surface area contributed by atoms with E-state index in [0.717, 1.165) is 0 Å². The third-order valence-electron chi connectivity index (χ3n) is 3.45. The number of hydrogen-bond acceptors (Lipinski definition) is 6. The number of nitrogens with zero attached hydrogens (tertiary/aromatic N) is 3. The molecule has 0 saturated heterocycles. The monoisotopic (exact) mass is 389 g/mol. The zero-order valence-electron chi connectivity index (χ0n) is 15.2. The van der Waals surface area contributed by atoms with E-state index in [1.54, 1.807) is 30.5 Å². The Morgan fingerprint density at radius 1 is 0.964 bits per heavy atom. The number of ether oxygens (including phenoxy) is 1. The highest BCUT2D eigenvalue weighted by Crippen LogP contribution is 2.32. The molecule has 2 aromatic heterocycles. The van der Waals surface area contributed by atoms with Gasteiger partial charge in [-0.1, -0.05) is 18.2 Å². The Labute approximate surface area is 159 Å². The van der Waals surface area contributed by atoms with E-state index in [0.29, 0.717) is 23.2 Å². The van der Waals surface area contributed by atoms with Gasteiger partial charge in [-0.3, -0.25) is 4.98 Å². The number of para-hydroxylation sites is 2. The van der Waals surface area contributed by atoms with Crippen LogP contribution in [0.2, 0.25) is 0 Å². The highest BCUT2D eigenvalue weighted by atomic mass is 19.4. The molecule has 0 bridgehead atoms. The minimum absolute atomic E-state index is 0.0627. The fourth-order valence-corrected chi connectivity index (χ4v) is 2.40. The molecule has 0 atom stereocenters. The summed E-state index contributed by atoms with van der Waals surface area (Å²) in [4.78, 5) is 13.0. The van der Waals surface area contributed by atoms with Gasteiger partial charge in [0.2, 0.25) is 5.95 Å². The fraction of sp³-hybridized carbons (Fsp3) is 0.211. The Balaban J connectivity index is 1.98. The van der Waals surface area contributed by atoms with E-state index >= 15 is 0 Å². The largest absolute Gasteiger partial charge is 0.573 e. The van der Waals surface area contributed by atoms with E-state index < -0.39 is 6.36 Å².